The monoisotopic (exact) mass is 294 g/mol. The molecule has 0 atom stereocenters. The Morgan fingerprint density at radius 1 is 1.69 bits per heavy atom. The van der Waals surface area contributed by atoms with Gasteiger partial charge in [0, 0.05) is 0 Å². The fourth-order valence-corrected chi connectivity index (χ4v) is 1.44. The number of aromatic nitrogens is 1. The van der Waals surface area contributed by atoms with Crippen LogP contribution in [0.5, 0.6) is 0 Å². The van der Waals surface area contributed by atoms with Crippen LogP contribution in [0, 0.1) is 0 Å². The Kier molecular flexibility index (Phi) is 4.17. The van der Waals surface area contributed by atoms with Crippen molar-refractivity contribution in [3.63, 3.8) is 0 Å². The number of nitrogens with two attached hydrogens (primary N) is 1. The largest absolute Gasteiger partial charge is 0.469 e. The standard InChI is InChI=1S/C9H9BrF2N2O2/c1-16-6(15)3-4-2-5(8(11)12)14-9(13)7(4)10/h2,8H,3H2,1H3,(H2,13,14). The summed E-state index contributed by atoms with van der Waals surface area (Å²) in [5, 5.41) is 0. The molecule has 0 amide bonds. The van der Waals surface area contributed by atoms with Crippen LogP contribution in [0.2, 0.25) is 0 Å². The van der Waals surface area contributed by atoms with Crippen molar-refractivity contribution in [2.45, 2.75) is 12.8 Å². The third kappa shape index (κ3) is 2.88. The Hall–Kier alpha value is -1.24. The predicted octanol–water partition coefficient (Wildman–Crippen LogP) is 2.08. The first-order valence-corrected chi connectivity index (χ1v) is 5.04. The molecule has 0 radical (unpaired) electrons. The molecular formula is C9H9BrF2N2O2. The molecule has 7 heteroatoms. The van der Waals surface area contributed by atoms with Crippen molar-refractivity contribution in [2.24, 2.45) is 0 Å². The number of pyridine rings is 1. The Bertz CT molecular complexity index is 413. The number of nitrogens with zero attached hydrogens (tertiary/aromatic N) is 1. The van der Waals surface area contributed by atoms with E-state index in [1.54, 1.807) is 0 Å². The van der Waals surface area contributed by atoms with Gasteiger partial charge in [-0.15, -0.1) is 0 Å². The maximum atomic E-state index is 12.4. The van der Waals surface area contributed by atoms with Gasteiger partial charge in [-0.3, -0.25) is 4.79 Å². The summed E-state index contributed by atoms with van der Waals surface area (Å²) in [5.74, 6) is -0.608. The van der Waals surface area contributed by atoms with Crippen LogP contribution in [-0.2, 0) is 16.0 Å². The van der Waals surface area contributed by atoms with E-state index < -0.39 is 18.1 Å². The minimum absolute atomic E-state index is 0.0725. The third-order valence-electron chi connectivity index (χ3n) is 1.86. The van der Waals surface area contributed by atoms with Crippen LogP contribution in [-0.4, -0.2) is 18.1 Å². The molecule has 0 saturated carbocycles. The molecule has 1 rings (SSSR count). The van der Waals surface area contributed by atoms with Crippen LogP contribution in [0.25, 0.3) is 0 Å². The average molecular weight is 295 g/mol. The van der Waals surface area contributed by atoms with Gasteiger partial charge in [-0.1, -0.05) is 0 Å². The van der Waals surface area contributed by atoms with Gasteiger partial charge in [-0.2, -0.15) is 0 Å². The fraction of sp³-hybridized carbons (Fsp3) is 0.333. The van der Waals surface area contributed by atoms with Crippen molar-refractivity contribution in [3.05, 3.63) is 21.8 Å². The molecule has 0 bridgehead atoms. The molecule has 1 heterocycles. The lowest BCUT2D eigenvalue weighted by Crippen LogP contribution is -2.08. The number of esters is 1. The summed E-state index contributed by atoms with van der Waals surface area (Å²) in [7, 11) is 1.22. The number of nitrogen functional groups attached to an aromatic ring is 1. The number of hydrogen-bond donors (Lipinski definition) is 1. The molecule has 0 aliphatic carbocycles. The summed E-state index contributed by atoms with van der Waals surface area (Å²) in [6, 6.07) is 1.13. The quantitative estimate of drug-likeness (QED) is 0.867. The molecule has 0 unspecified atom stereocenters. The Labute approximate surface area is 98.9 Å². The van der Waals surface area contributed by atoms with Gasteiger partial charge in [0.25, 0.3) is 6.43 Å². The molecular weight excluding hydrogens is 286 g/mol. The van der Waals surface area contributed by atoms with Gasteiger partial charge in [-0.05, 0) is 27.6 Å². The summed E-state index contributed by atoms with van der Waals surface area (Å²) >= 11 is 3.08. The van der Waals surface area contributed by atoms with E-state index in [1.165, 1.54) is 7.11 Å². The summed E-state index contributed by atoms with van der Waals surface area (Å²) in [6.07, 6.45) is -2.87. The second-order valence-corrected chi connectivity index (χ2v) is 3.75. The lowest BCUT2D eigenvalue weighted by molar-refractivity contribution is -0.139. The molecule has 1 aromatic rings. The molecule has 0 spiro atoms. The van der Waals surface area contributed by atoms with Gasteiger partial charge < -0.3 is 10.5 Å². The van der Waals surface area contributed by atoms with Gasteiger partial charge in [0.05, 0.1) is 18.0 Å². The number of rotatable bonds is 3. The maximum Gasteiger partial charge on any atom is 0.310 e. The van der Waals surface area contributed by atoms with E-state index in [2.05, 4.69) is 25.7 Å². The minimum atomic E-state index is -2.73. The molecule has 4 nitrogen and oxygen atoms in total. The fourth-order valence-electron chi connectivity index (χ4n) is 1.09. The number of alkyl halides is 2. The number of carbonyl (C=O) groups is 1. The van der Waals surface area contributed by atoms with Crippen LogP contribution in [0.1, 0.15) is 17.7 Å². The summed E-state index contributed by atoms with van der Waals surface area (Å²) in [6.45, 7) is 0. The summed E-state index contributed by atoms with van der Waals surface area (Å²) in [4.78, 5) is 14.5. The average Bonchev–Trinajstić information content (AvgIpc) is 2.23. The molecule has 1 aromatic heterocycles. The van der Waals surface area contributed by atoms with Gasteiger partial charge >= 0.3 is 5.97 Å². The molecule has 88 valence electrons. The number of hydrogen-bond acceptors (Lipinski definition) is 4. The van der Waals surface area contributed by atoms with Crippen LogP contribution in [0.3, 0.4) is 0 Å². The lowest BCUT2D eigenvalue weighted by Gasteiger charge is -2.08. The van der Waals surface area contributed by atoms with E-state index in [-0.39, 0.29) is 12.2 Å². The summed E-state index contributed by atoms with van der Waals surface area (Å²) < 4.78 is 29.6. The van der Waals surface area contributed by atoms with E-state index in [4.69, 9.17) is 5.73 Å². The summed E-state index contributed by atoms with van der Waals surface area (Å²) in [5.41, 5.74) is 5.30. The Morgan fingerprint density at radius 2 is 2.31 bits per heavy atom. The van der Waals surface area contributed by atoms with E-state index in [1.807, 2.05) is 0 Å². The second-order valence-electron chi connectivity index (χ2n) is 2.96. The van der Waals surface area contributed by atoms with Crippen molar-refractivity contribution < 1.29 is 18.3 Å². The Balaban J connectivity index is 3.11. The topological polar surface area (TPSA) is 65.2 Å². The highest BCUT2D eigenvalue weighted by Crippen LogP contribution is 2.27. The van der Waals surface area contributed by atoms with Gasteiger partial charge in [0.2, 0.25) is 0 Å². The normalized spacial score (nSPS) is 10.6. The highest BCUT2D eigenvalue weighted by atomic mass is 79.9. The predicted molar refractivity (Wildman–Crippen MR) is 57.0 cm³/mol. The highest BCUT2D eigenvalue weighted by Gasteiger charge is 2.16. The van der Waals surface area contributed by atoms with Crippen molar-refractivity contribution in [3.8, 4) is 0 Å². The molecule has 0 fully saturated rings. The van der Waals surface area contributed by atoms with Gasteiger partial charge in [0.15, 0.2) is 0 Å². The van der Waals surface area contributed by atoms with Crippen LogP contribution >= 0.6 is 15.9 Å². The zero-order valence-corrected chi connectivity index (χ0v) is 9.92. The first-order chi connectivity index (χ1) is 7.45. The van der Waals surface area contributed by atoms with E-state index in [9.17, 15) is 13.6 Å². The van der Waals surface area contributed by atoms with Crippen molar-refractivity contribution >= 4 is 27.7 Å². The first-order valence-electron chi connectivity index (χ1n) is 4.25. The second kappa shape index (κ2) is 5.20. The maximum absolute atomic E-state index is 12.4. The van der Waals surface area contributed by atoms with E-state index in [0.717, 1.165) is 6.07 Å². The van der Waals surface area contributed by atoms with Crippen molar-refractivity contribution in [1.29, 1.82) is 0 Å². The zero-order valence-electron chi connectivity index (χ0n) is 8.34. The molecule has 16 heavy (non-hydrogen) atoms. The number of carbonyl (C=O) groups excluding carboxylic acids is 1. The molecule has 0 aromatic carbocycles. The van der Waals surface area contributed by atoms with Crippen molar-refractivity contribution in [2.75, 3.05) is 12.8 Å². The highest BCUT2D eigenvalue weighted by molar-refractivity contribution is 9.10. The molecule has 0 aliphatic rings. The van der Waals surface area contributed by atoms with Crippen LogP contribution in [0.15, 0.2) is 10.5 Å². The lowest BCUT2D eigenvalue weighted by atomic mass is 10.1. The Morgan fingerprint density at radius 3 is 2.81 bits per heavy atom. The number of anilines is 1. The van der Waals surface area contributed by atoms with Crippen LogP contribution < -0.4 is 5.73 Å². The van der Waals surface area contributed by atoms with E-state index >= 15 is 0 Å². The minimum Gasteiger partial charge on any atom is -0.469 e. The molecule has 2 N–H and O–H groups in total. The van der Waals surface area contributed by atoms with Crippen LogP contribution in [0.4, 0.5) is 14.6 Å². The number of halogens is 3. The number of ether oxygens (including phenoxy) is 1. The van der Waals surface area contributed by atoms with Gasteiger partial charge in [-0.25, -0.2) is 13.8 Å². The molecule has 0 aliphatic heterocycles. The molecule has 0 saturated heterocycles. The van der Waals surface area contributed by atoms with Gasteiger partial charge in [0.1, 0.15) is 11.5 Å². The first kappa shape index (κ1) is 12.8. The van der Waals surface area contributed by atoms with Crippen molar-refractivity contribution in [1.82, 2.24) is 4.98 Å². The van der Waals surface area contributed by atoms with E-state index in [0.29, 0.717) is 10.0 Å². The SMILES string of the molecule is COC(=O)Cc1cc(C(F)F)nc(N)c1Br. The third-order valence-corrected chi connectivity index (χ3v) is 2.78. The number of methoxy groups -OCH3 is 1. The smallest absolute Gasteiger partial charge is 0.310 e. The zero-order chi connectivity index (χ0) is 12.3.